The molecule has 3 fully saturated rings. The van der Waals surface area contributed by atoms with E-state index in [1.54, 1.807) is 0 Å². The average molecular weight is 385 g/mol. The van der Waals surface area contributed by atoms with Crippen molar-refractivity contribution in [3.8, 4) is 0 Å². The molecule has 0 radical (unpaired) electrons. The molecule has 0 aromatic heterocycles. The molecule has 0 bridgehead atoms. The first-order valence-corrected chi connectivity index (χ1v) is 10.8. The Bertz CT molecular complexity index is 739. The second kappa shape index (κ2) is 7.41. The number of hydrogen-bond acceptors (Lipinski definition) is 3. The summed E-state index contributed by atoms with van der Waals surface area (Å²) in [6.07, 6.45) is 3.13. The molecule has 2 atom stereocenters. The quantitative estimate of drug-likeness (QED) is 0.811. The van der Waals surface area contributed by atoms with Gasteiger partial charge in [-0.2, -0.15) is 0 Å². The van der Waals surface area contributed by atoms with Crippen LogP contribution in [0.3, 0.4) is 0 Å². The molecule has 1 saturated heterocycles. The van der Waals surface area contributed by atoms with Crippen molar-refractivity contribution < 1.29 is 14.3 Å². The van der Waals surface area contributed by atoms with Crippen molar-refractivity contribution in [2.24, 2.45) is 11.8 Å². The highest BCUT2D eigenvalue weighted by atomic mass is 16.5. The molecule has 1 N–H and O–H groups in total. The Balaban J connectivity index is 1.28. The van der Waals surface area contributed by atoms with Crippen LogP contribution in [0.4, 0.5) is 4.79 Å². The topological polar surface area (TPSA) is 58.6 Å². The number of carbonyl (C=O) groups excluding carboxylic acids is 2. The fraction of sp³-hybridized carbons (Fsp3) is 0.652. The molecule has 2 aliphatic carbocycles. The van der Waals surface area contributed by atoms with Crippen molar-refractivity contribution >= 4 is 12.0 Å². The van der Waals surface area contributed by atoms with E-state index in [2.05, 4.69) is 48.3 Å². The summed E-state index contributed by atoms with van der Waals surface area (Å²) < 4.78 is 5.05. The molecule has 2 saturated carbocycles. The number of rotatable bonds is 6. The van der Waals surface area contributed by atoms with Gasteiger partial charge in [0, 0.05) is 30.5 Å². The number of ether oxygens (including phenoxy) is 1. The zero-order chi connectivity index (χ0) is 19.9. The molecular formula is C23H32N2O3. The van der Waals surface area contributed by atoms with Crippen molar-refractivity contribution in [1.82, 2.24) is 10.2 Å². The van der Waals surface area contributed by atoms with Crippen molar-refractivity contribution in [2.75, 3.05) is 19.7 Å². The van der Waals surface area contributed by atoms with E-state index in [0.29, 0.717) is 18.4 Å². The van der Waals surface area contributed by atoms with E-state index in [0.717, 1.165) is 32.4 Å². The molecule has 5 heteroatoms. The van der Waals surface area contributed by atoms with Gasteiger partial charge in [-0.3, -0.25) is 4.79 Å². The maximum Gasteiger partial charge on any atom is 0.407 e. The minimum atomic E-state index is -0.357. The lowest BCUT2D eigenvalue weighted by Crippen LogP contribution is -2.50. The Hall–Kier alpha value is -2.04. The number of alkyl carbamates (subject to hydrolysis) is 1. The minimum absolute atomic E-state index is 0.0503. The molecular weight excluding hydrogens is 352 g/mol. The molecule has 1 heterocycles. The summed E-state index contributed by atoms with van der Waals surface area (Å²) in [7, 11) is 0. The Morgan fingerprint density at radius 3 is 2.61 bits per heavy atom. The van der Waals surface area contributed by atoms with Gasteiger partial charge in [0.25, 0.3) is 0 Å². The van der Waals surface area contributed by atoms with E-state index in [9.17, 15) is 9.59 Å². The van der Waals surface area contributed by atoms with Gasteiger partial charge in [-0.05, 0) is 48.6 Å². The third-order valence-corrected chi connectivity index (χ3v) is 6.86. The predicted octanol–water partition coefficient (Wildman–Crippen LogP) is 3.82. The van der Waals surface area contributed by atoms with Crippen LogP contribution in [0.25, 0.3) is 0 Å². The molecule has 0 spiro atoms. The number of piperidine rings is 1. The second-order valence-corrected chi connectivity index (χ2v) is 9.20. The van der Waals surface area contributed by atoms with E-state index in [4.69, 9.17) is 4.74 Å². The highest BCUT2D eigenvalue weighted by Gasteiger charge is 2.62. The Kier molecular flexibility index (Phi) is 5.11. The van der Waals surface area contributed by atoms with Gasteiger partial charge in [-0.15, -0.1) is 0 Å². The SMILES string of the molecule is CCCOC(=O)NC1CC(C(=O)N2C[C@@H]3C[C@]3(c3ccc(C(C)C)cc3)C2)C1. The molecule has 0 unspecified atom stereocenters. The van der Waals surface area contributed by atoms with Crippen LogP contribution in [0.1, 0.15) is 63.5 Å². The maximum atomic E-state index is 12.9. The Labute approximate surface area is 167 Å². The lowest BCUT2D eigenvalue weighted by molar-refractivity contribution is -0.138. The first-order valence-electron chi connectivity index (χ1n) is 10.8. The number of nitrogens with one attached hydrogen (secondary N) is 1. The zero-order valence-electron chi connectivity index (χ0n) is 17.2. The van der Waals surface area contributed by atoms with Crippen molar-refractivity contribution in [3.05, 3.63) is 35.4 Å². The molecule has 1 aromatic rings. The minimum Gasteiger partial charge on any atom is -0.450 e. The normalized spacial score (nSPS) is 30.6. The summed E-state index contributed by atoms with van der Waals surface area (Å²) in [5, 5.41) is 2.86. The molecule has 152 valence electrons. The van der Waals surface area contributed by atoms with Crippen molar-refractivity contribution in [3.63, 3.8) is 0 Å². The van der Waals surface area contributed by atoms with Crippen LogP contribution in [0, 0.1) is 11.8 Å². The van der Waals surface area contributed by atoms with Crippen LogP contribution in [0.15, 0.2) is 24.3 Å². The van der Waals surface area contributed by atoms with E-state index in [1.807, 2.05) is 6.92 Å². The lowest BCUT2D eigenvalue weighted by atomic mass is 9.79. The van der Waals surface area contributed by atoms with Gasteiger partial charge in [0.1, 0.15) is 0 Å². The standard InChI is InChI=1S/C23H32N2O3/c1-4-9-28-22(27)24-20-10-17(11-20)21(26)25-13-19-12-23(19,14-25)18-7-5-16(6-8-18)15(2)3/h5-8,15,17,19-20H,4,9-14H2,1-3H3,(H,24,27)/t17?,19-,20?,23+/m0/s1. The molecule has 1 aliphatic heterocycles. The van der Waals surface area contributed by atoms with Crippen LogP contribution in [-0.4, -0.2) is 42.6 Å². The van der Waals surface area contributed by atoms with Crippen LogP contribution < -0.4 is 5.32 Å². The van der Waals surface area contributed by atoms with E-state index in [-0.39, 0.29) is 29.4 Å². The van der Waals surface area contributed by atoms with Crippen LogP contribution in [0.2, 0.25) is 0 Å². The van der Waals surface area contributed by atoms with Gasteiger partial charge >= 0.3 is 6.09 Å². The molecule has 5 nitrogen and oxygen atoms in total. The third kappa shape index (κ3) is 3.51. The average Bonchev–Trinajstić information content (AvgIpc) is 3.23. The zero-order valence-corrected chi connectivity index (χ0v) is 17.2. The van der Waals surface area contributed by atoms with Crippen LogP contribution >= 0.6 is 0 Å². The highest BCUT2D eigenvalue weighted by molar-refractivity contribution is 5.81. The number of likely N-dealkylation sites (tertiary alicyclic amines) is 1. The first kappa shape index (κ1) is 19.3. The van der Waals surface area contributed by atoms with Gasteiger partial charge in [0.2, 0.25) is 5.91 Å². The first-order chi connectivity index (χ1) is 13.4. The number of benzene rings is 1. The fourth-order valence-corrected chi connectivity index (χ4v) is 4.90. The molecule has 3 aliphatic rings. The number of hydrogen-bond donors (Lipinski definition) is 1. The number of amides is 2. The third-order valence-electron chi connectivity index (χ3n) is 6.86. The van der Waals surface area contributed by atoms with Crippen molar-refractivity contribution in [2.45, 2.75) is 63.8 Å². The molecule has 28 heavy (non-hydrogen) atoms. The monoisotopic (exact) mass is 384 g/mol. The second-order valence-electron chi connectivity index (χ2n) is 9.20. The summed E-state index contributed by atoms with van der Waals surface area (Å²) in [6, 6.07) is 9.11. The Morgan fingerprint density at radius 2 is 1.96 bits per heavy atom. The van der Waals surface area contributed by atoms with Gasteiger partial charge in [0.15, 0.2) is 0 Å². The van der Waals surface area contributed by atoms with E-state index < -0.39 is 0 Å². The summed E-state index contributed by atoms with van der Waals surface area (Å²) in [6.45, 7) is 8.58. The van der Waals surface area contributed by atoms with Gasteiger partial charge in [-0.1, -0.05) is 45.0 Å². The van der Waals surface area contributed by atoms with Crippen LogP contribution in [-0.2, 0) is 14.9 Å². The van der Waals surface area contributed by atoms with E-state index >= 15 is 0 Å². The highest BCUT2D eigenvalue weighted by Crippen LogP contribution is 2.59. The fourth-order valence-electron chi connectivity index (χ4n) is 4.90. The van der Waals surface area contributed by atoms with Gasteiger partial charge in [0.05, 0.1) is 6.61 Å². The van der Waals surface area contributed by atoms with Crippen LogP contribution in [0.5, 0.6) is 0 Å². The van der Waals surface area contributed by atoms with E-state index in [1.165, 1.54) is 17.5 Å². The summed E-state index contributed by atoms with van der Waals surface area (Å²) in [5.41, 5.74) is 2.95. The molecule has 1 aromatic carbocycles. The van der Waals surface area contributed by atoms with Gasteiger partial charge < -0.3 is 15.0 Å². The Morgan fingerprint density at radius 1 is 1.25 bits per heavy atom. The summed E-state index contributed by atoms with van der Waals surface area (Å²) in [4.78, 5) is 26.6. The summed E-state index contributed by atoms with van der Waals surface area (Å²) in [5.74, 6) is 1.47. The number of carbonyl (C=O) groups is 2. The van der Waals surface area contributed by atoms with Gasteiger partial charge in [-0.25, -0.2) is 4.79 Å². The number of fused-ring (bicyclic) bond motifs is 1. The summed E-state index contributed by atoms with van der Waals surface area (Å²) >= 11 is 0. The predicted molar refractivity (Wildman–Crippen MR) is 108 cm³/mol. The smallest absolute Gasteiger partial charge is 0.407 e. The van der Waals surface area contributed by atoms with Crippen molar-refractivity contribution in [1.29, 1.82) is 0 Å². The number of nitrogens with zero attached hydrogens (tertiary/aromatic N) is 1. The maximum absolute atomic E-state index is 12.9. The largest absolute Gasteiger partial charge is 0.450 e. The molecule has 4 rings (SSSR count). The molecule has 2 amide bonds. The lowest BCUT2D eigenvalue weighted by Gasteiger charge is -2.37.